The number of nitrogen functional groups attached to an aromatic ring is 1. The van der Waals surface area contributed by atoms with Gasteiger partial charge in [0, 0.05) is 49.6 Å². The fraction of sp³-hybridized carbons (Fsp3) is 0.545. The zero-order chi connectivity index (χ0) is 20.8. The van der Waals surface area contributed by atoms with Crippen LogP contribution >= 0.6 is 0 Å². The van der Waals surface area contributed by atoms with E-state index < -0.39 is 6.61 Å². The van der Waals surface area contributed by atoms with Crippen LogP contribution in [0.1, 0.15) is 42.4 Å². The van der Waals surface area contributed by atoms with E-state index in [1.54, 1.807) is 6.20 Å². The van der Waals surface area contributed by atoms with E-state index in [9.17, 15) is 8.78 Å². The van der Waals surface area contributed by atoms with E-state index in [1.165, 1.54) is 11.6 Å². The maximum atomic E-state index is 12.7. The predicted octanol–water partition coefficient (Wildman–Crippen LogP) is 3.23. The highest BCUT2D eigenvalue weighted by atomic mass is 19.3. The van der Waals surface area contributed by atoms with Gasteiger partial charge in [-0.15, -0.1) is 0 Å². The van der Waals surface area contributed by atoms with E-state index in [2.05, 4.69) is 26.8 Å². The molecule has 3 N–H and O–H groups in total. The molecule has 0 radical (unpaired) electrons. The number of aliphatic hydroxyl groups is 1. The number of nitrogens with zero attached hydrogens (tertiary/aromatic N) is 3. The van der Waals surface area contributed by atoms with Crippen molar-refractivity contribution in [2.24, 2.45) is 11.8 Å². The molecular weight excluding hydrogens is 390 g/mol. The summed E-state index contributed by atoms with van der Waals surface area (Å²) in [6.07, 6.45) is 4.67. The second-order valence-electron chi connectivity index (χ2n) is 8.66. The third-order valence-electron chi connectivity index (χ3n) is 6.54. The number of piperidine rings is 1. The number of pyridine rings is 2. The van der Waals surface area contributed by atoms with Gasteiger partial charge in [0.05, 0.1) is 5.69 Å². The quantitative estimate of drug-likeness (QED) is 0.687. The predicted molar refractivity (Wildman–Crippen MR) is 108 cm³/mol. The Kier molecular flexibility index (Phi) is 5.06. The Balaban J connectivity index is 1.41. The Bertz CT molecular complexity index is 925. The second-order valence-corrected chi connectivity index (χ2v) is 8.66. The van der Waals surface area contributed by atoms with Crippen LogP contribution in [0.15, 0.2) is 24.4 Å². The summed E-state index contributed by atoms with van der Waals surface area (Å²) >= 11 is 0. The summed E-state index contributed by atoms with van der Waals surface area (Å²) in [4.78, 5) is 11.3. The Morgan fingerprint density at radius 2 is 1.97 bits per heavy atom. The molecule has 5 rings (SSSR count). The Morgan fingerprint density at radius 3 is 2.63 bits per heavy atom. The second kappa shape index (κ2) is 7.74. The first-order valence-corrected chi connectivity index (χ1v) is 10.6. The van der Waals surface area contributed by atoms with Gasteiger partial charge >= 0.3 is 6.61 Å². The fourth-order valence-electron chi connectivity index (χ4n) is 4.87. The van der Waals surface area contributed by atoms with Crippen LogP contribution in [0.5, 0.6) is 5.75 Å². The van der Waals surface area contributed by atoms with E-state index in [1.807, 2.05) is 0 Å². The first kappa shape index (κ1) is 19.6. The summed E-state index contributed by atoms with van der Waals surface area (Å²) in [6, 6.07) is 5.82. The topological polar surface area (TPSA) is 84.5 Å². The van der Waals surface area contributed by atoms with Crippen molar-refractivity contribution in [1.29, 1.82) is 0 Å². The molecule has 3 heterocycles. The fourth-order valence-corrected chi connectivity index (χ4v) is 4.87. The molecular formula is C22H26F2N4O2. The number of hydrogen-bond donors (Lipinski definition) is 2. The lowest BCUT2D eigenvalue weighted by Gasteiger charge is -2.19. The third kappa shape index (κ3) is 3.86. The molecule has 2 aromatic heterocycles. The largest absolute Gasteiger partial charge is 0.431 e. The van der Waals surface area contributed by atoms with Gasteiger partial charge in [-0.3, -0.25) is 4.98 Å². The van der Waals surface area contributed by atoms with Crippen molar-refractivity contribution in [3.8, 4) is 17.0 Å². The van der Waals surface area contributed by atoms with Crippen LogP contribution in [0.25, 0.3) is 11.3 Å². The molecule has 3 fully saturated rings. The molecule has 0 aromatic carbocycles. The van der Waals surface area contributed by atoms with Gasteiger partial charge in [-0.1, -0.05) is 0 Å². The zero-order valence-electron chi connectivity index (χ0n) is 16.7. The molecule has 1 aliphatic heterocycles. The molecule has 8 heteroatoms. The highest BCUT2D eigenvalue weighted by molar-refractivity contribution is 5.65. The minimum absolute atomic E-state index is 0.0580. The van der Waals surface area contributed by atoms with Gasteiger partial charge in [0.2, 0.25) is 0 Å². The summed E-state index contributed by atoms with van der Waals surface area (Å²) in [5, 5.41) is 9.05. The number of nitrogens with two attached hydrogens (primary N) is 1. The molecule has 0 bridgehead atoms. The average molecular weight is 416 g/mol. The summed E-state index contributed by atoms with van der Waals surface area (Å²) in [5.41, 5.74) is 9.43. The molecule has 30 heavy (non-hydrogen) atoms. The van der Waals surface area contributed by atoms with Crippen molar-refractivity contribution in [3.05, 3.63) is 35.7 Å². The molecule has 0 spiro atoms. The van der Waals surface area contributed by atoms with Crippen LogP contribution in [-0.2, 0) is 0 Å². The summed E-state index contributed by atoms with van der Waals surface area (Å²) in [5.74, 6) is 2.12. The minimum atomic E-state index is -2.95. The number of ether oxygens (including phenoxy) is 1. The Labute approximate surface area is 174 Å². The van der Waals surface area contributed by atoms with Crippen LogP contribution in [0.3, 0.4) is 0 Å². The van der Waals surface area contributed by atoms with E-state index in [-0.39, 0.29) is 18.2 Å². The van der Waals surface area contributed by atoms with Gasteiger partial charge < -0.3 is 20.5 Å². The van der Waals surface area contributed by atoms with Gasteiger partial charge in [-0.25, -0.2) is 4.98 Å². The highest BCUT2D eigenvalue weighted by Crippen LogP contribution is 2.59. The number of rotatable bonds is 8. The summed E-state index contributed by atoms with van der Waals surface area (Å²) in [6.45, 7) is 0.379. The van der Waals surface area contributed by atoms with Crippen LogP contribution in [0.4, 0.5) is 14.6 Å². The third-order valence-corrected chi connectivity index (χ3v) is 6.54. The maximum absolute atomic E-state index is 12.7. The van der Waals surface area contributed by atoms with Crippen molar-refractivity contribution in [2.75, 3.05) is 32.0 Å². The van der Waals surface area contributed by atoms with E-state index in [4.69, 9.17) is 15.8 Å². The molecule has 6 nitrogen and oxygen atoms in total. The lowest BCUT2D eigenvalue weighted by molar-refractivity contribution is -0.0494. The SMILES string of the molecule is Nc1ncc(-c2cc(C3[C@H]4CN(CCCO)C[C@@H]34)cc(C3CC3)n2)cc1OC(F)F. The van der Waals surface area contributed by atoms with Gasteiger partial charge in [-0.05, 0) is 60.8 Å². The number of aromatic nitrogens is 2. The lowest BCUT2D eigenvalue weighted by atomic mass is 10.0. The zero-order valence-corrected chi connectivity index (χ0v) is 16.7. The Morgan fingerprint density at radius 1 is 1.20 bits per heavy atom. The number of alkyl halides is 2. The minimum Gasteiger partial charge on any atom is -0.431 e. The smallest absolute Gasteiger partial charge is 0.387 e. The monoisotopic (exact) mass is 416 g/mol. The van der Waals surface area contributed by atoms with Crippen LogP contribution in [-0.4, -0.2) is 52.8 Å². The first-order valence-electron chi connectivity index (χ1n) is 10.6. The first-order chi connectivity index (χ1) is 14.5. The van der Waals surface area contributed by atoms with Crippen LogP contribution in [0, 0.1) is 11.8 Å². The number of halogens is 2. The maximum Gasteiger partial charge on any atom is 0.387 e. The average Bonchev–Trinajstić information content (AvgIpc) is 3.64. The summed E-state index contributed by atoms with van der Waals surface area (Å²) < 4.78 is 29.9. The van der Waals surface area contributed by atoms with Crippen molar-refractivity contribution in [2.45, 2.75) is 37.7 Å². The van der Waals surface area contributed by atoms with Crippen molar-refractivity contribution >= 4 is 5.82 Å². The molecule has 2 aromatic rings. The van der Waals surface area contributed by atoms with Gasteiger partial charge in [0.25, 0.3) is 0 Å². The molecule has 1 unspecified atom stereocenters. The molecule has 160 valence electrons. The number of aliphatic hydroxyl groups excluding tert-OH is 1. The number of anilines is 1. The lowest BCUT2D eigenvalue weighted by Crippen LogP contribution is -2.26. The van der Waals surface area contributed by atoms with Crippen LogP contribution < -0.4 is 10.5 Å². The number of likely N-dealkylation sites (tertiary alicyclic amines) is 1. The molecule has 2 aliphatic carbocycles. The van der Waals surface area contributed by atoms with Gasteiger partial charge in [0.1, 0.15) is 0 Å². The summed E-state index contributed by atoms with van der Waals surface area (Å²) in [7, 11) is 0. The molecule has 3 aliphatic rings. The number of fused-ring (bicyclic) bond motifs is 1. The molecule has 1 saturated heterocycles. The van der Waals surface area contributed by atoms with E-state index in [0.29, 0.717) is 29.2 Å². The molecule has 3 atom stereocenters. The normalized spacial score (nSPS) is 25.5. The van der Waals surface area contributed by atoms with Crippen molar-refractivity contribution in [3.63, 3.8) is 0 Å². The van der Waals surface area contributed by atoms with Gasteiger partial charge in [-0.2, -0.15) is 8.78 Å². The highest BCUT2D eigenvalue weighted by Gasteiger charge is 2.56. The molecule has 0 amide bonds. The Hall–Kier alpha value is -2.32. The standard InChI is InChI=1S/C22H26F2N4O2/c23-22(24)30-19-8-14(9-26-21(19)25)18-7-13(6-17(27-18)12-2-3-12)20-15-10-28(4-1-5-29)11-16(15)20/h6-9,12,15-16,20,22,29H,1-5,10-11H2,(H2,25,26)/t15-,16+,20?. The van der Waals surface area contributed by atoms with Crippen LogP contribution in [0.2, 0.25) is 0 Å². The number of hydrogen-bond acceptors (Lipinski definition) is 6. The molecule has 2 saturated carbocycles. The van der Waals surface area contributed by atoms with E-state index >= 15 is 0 Å². The van der Waals surface area contributed by atoms with E-state index in [0.717, 1.165) is 50.3 Å². The van der Waals surface area contributed by atoms with Crippen molar-refractivity contribution < 1.29 is 18.6 Å². The van der Waals surface area contributed by atoms with Crippen molar-refractivity contribution in [1.82, 2.24) is 14.9 Å². The van der Waals surface area contributed by atoms with Gasteiger partial charge in [0.15, 0.2) is 11.6 Å².